The molecule has 5 rings (SSSR count). The molecule has 1 heterocycles. The molecule has 0 unspecified atom stereocenters. The van der Waals surface area contributed by atoms with Crippen molar-refractivity contribution in [2.45, 2.75) is 90.6 Å². The fourth-order valence-electron chi connectivity index (χ4n) is 7.75. The van der Waals surface area contributed by atoms with Gasteiger partial charge in [-0.15, -0.1) is 0 Å². The van der Waals surface area contributed by atoms with Crippen LogP contribution in [0.4, 0.5) is 0 Å². The molecule has 0 bridgehead atoms. The summed E-state index contributed by atoms with van der Waals surface area (Å²) in [7, 11) is 0. The molecule has 7 atom stereocenters. The molecule has 0 aromatic carbocycles. The Bertz CT molecular complexity index is 788. The van der Waals surface area contributed by atoms with E-state index in [2.05, 4.69) is 26.8 Å². The second kappa shape index (κ2) is 7.37. The second-order valence-corrected chi connectivity index (χ2v) is 11.7. The highest BCUT2D eigenvalue weighted by atomic mass is 32.1. The predicted octanol–water partition coefficient (Wildman–Crippen LogP) is 6.34. The number of thiazole rings is 1. The monoisotopic (exact) mass is 415 g/mol. The molecule has 4 aliphatic rings. The molecule has 0 radical (unpaired) electrons. The van der Waals surface area contributed by atoms with Gasteiger partial charge in [0.2, 0.25) is 0 Å². The third kappa shape index (κ3) is 3.12. The molecule has 1 N–H and O–H groups in total. The average molecular weight is 416 g/mol. The van der Waals surface area contributed by atoms with Crippen molar-refractivity contribution in [2.24, 2.45) is 28.6 Å². The van der Waals surface area contributed by atoms with Gasteiger partial charge < -0.3 is 9.84 Å². The van der Waals surface area contributed by atoms with Crippen molar-refractivity contribution in [1.82, 2.24) is 4.98 Å². The molecule has 0 aliphatic heterocycles. The number of aliphatic hydroxyl groups excluding tert-OH is 1. The van der Waals surface area contributed by atoms with Crippen LogP contribution in [0.15, 0.2) is 17.8 Å². The number of fused-ring (bicyclic) bond motifs is 5. The third-order valence-electron chi connectivity index (χ3n) is 9.33. The van der Waals surface area contributed by atoms with E-state index in [9.17, 15) is 5.11 Å². The van der Waals surface area contributed by atoms with Crippen LogP contribution in [0.5, 0.6) is 5.06 Å². The number of aromatic nitrogens is 1. The van der Waals surface area contributed by atoms with Crippen molar-refractivity contribution in [3.63, 3.8) is 0 Å². The first-order valence-corrected chi connectivity index (χ1v) is 12.7. The first-order valence-electron chi connectivity index (χ1n) is 11.9. The average Bonchev–Trinajstić information content (AvgIpc) is 3.30. The number of rotatable bonds is 4. The molecule has 4 aliphatic carbocycles. The van der Waals surface area contributed by atoms with E-state index in [4.69, 9.17) is 9.72 Å². The molecule has 3 saturated carbocycles. The summed E-state index contributed by atoms with van der Waals surface area (Å²) in [5, 5.41) is 12.5. The van der Waals surface area contributed by atoms with Gasteiger partial charge in [-0.25, -0.2) is 4.98 Å². The van der Waals surface area contributed by atoms with Crippen LogP contribution in [0.25, 0.3) is 0 Å². The summed E-state index contributed by atoms with van der Waals surface area (Å²) < 4.78 is 5.86. The van der Waals surface area contributed by atoms with Crippen molar-refractivity contribution in [2.75, 3.05) is 6.61 Å². The number of aliphatic hydroxyl groups is 1. The van der Waals surface area contributed by atoms with Gasteiger partial charge >= 0.3 is 0 Å². The normalized spacial score (nSPS) is 43.9. The van der Waals surface area contributed by atoms with Crippen molar-refractivity contribution < 1.29 is 9.84 Å². The van der Waals surface area contributed by atoms with Gasteiger partial charge in [0.25, 0.3) is 0 Å². The molecular formula is C25H37NO2S. The summed E-state index contributed by atoms with van der Waals surface area (Å²) in [6.45, 7) is 8.04. The highest BCUT2D eigenvalue weighted by Crippen LogP contribution is 2.68. The summed E-state index contributed by atoms with van der Waals surface area (Å²) in [6.07, 6.45) is 15.1. The maximum Gasteiger partial charge on any atom is 0.194 e. The Morgan fingerprint density at radius 2 is 2.03 bits per heavy atom. The molecule has 0 saturated heterocycles. The largest absolute Gasteiger partial charge is 0.483 e. The summed E-state index contributed by atoms with van der Waals surface area (Å²) in [6, 6.07) is 0. The Balaban J connectivity index is 1.39. The van der Waals surface area contributed by atoms with E-state index in [-0.39, 0.29) is 6.10 Å². The van der Waals surface area contributed by atoms with Gasteiger partial charge in [0.1, 0.15) is 0 Å². The van der Waals surface area contributed by atoms with Gasteiger partial charge in [-0.2, -0.15) is 0 Å². The summed E-state index contributed by atoms with van der Waals surface area (Å²) in [4.78, 5) is 4.83. The second-order valence-electron chi connectivity index (χ2n) is 10.7. The Hall–Kier alpha value is -0.870. The number of allylic oxidation sites excluding steroid dienone is 1. The molecule has 1 aromatic heterocycles. The van der Waals surface area contributed by atoms with Crippen LogP contribution in [0.1, 0.15) is 89.5 Å². The molecular weight excluding hydrogens is 378 g/mol. The van der Waals surface area contributed by atoms with Crippen LogP contribution >= 0.6 is 11.3 Å². The molecule has 160 valence electrons. The first kappa shape index (κ1) is 20.1. The van der Waals surface area contributed by atoms with Crippen molar-refractivity contribution in [1.29, 1.82) is 0 Å². The predicted molar refractivity (Wildman–Crippen MR) is 118 cm³/mol. The Morgan fingerprint density at radius 1 is 1.17 bits per heavy atom. The Labute approximate surface area is 180 Å². The summed E-state index contributed by atoms with van der Waals surface area (Å²) in [5.74, 6) is 3.05. The van der Waals surface area contributed by atoms with Crippen LogP contribution in [0.3, 0.4) is 0 Å². The maximum absolute atomic E-state index is 10.2. The number of nitrogens with zero attached hydrogens (tertiary/aromatic N) is 1. The van der Waals surface area contributed by atoms with Crippen LogP contribution in [-0.2, 0) is 0 Å². The topological polar surface area (TPSA) is 42.4 Å². The van der Waals surface area contributed by atoms with E-state index in [1.165, 1.54) is 43.5 Å². The van der Waals surface area contributed by atoms with Crippen molar-refractivity contribution >= 4 is 11.3 Å². The van der Waals surface area contributed by atoms with Crippen LogP contribution < -0.4 is 4.74 Å². The van der Waals surface area contributed by atoms with Gasteiger partial charge in [0, 0.05) is 5.92 Å². The SMILES string of the molecule is CCCOc1cnc([C@H]2CC[C@H]3[C@@H]4CC=C5C[C@@H](O)CC[C@]5(C)[C@H]4CC[C@]23C)s1. The smallest absolute Gasteiger partial charge is 0.194 e. The molecule has 1 aromatic rings. The number of ether oxygens (including phenoxy) is 1. The zero-order valence-corrected chi connectivity index (χ0v) is 19.1. The van der Waals surface area contributed by atoms with Crippen molar-refractivity contribution in [3.05, 3.63) is 22.9 Å². The van der Waals surface area contributed by atoms with Crippen LogP contribution in [0.2, 0.25) is 0 Å². The minimum atomic E-state index is -0.107. The van der Waals surface area contributed by atoms with Gasteiger partial charge in [0.15, 0.2) is 5.06 Å². The van der Waals surface area contributed by atoms with Crippen LogP contribution in [0, 0.1) is 28.6 Å². The summed E-state index contributed by atoms with van der Waals surface area (Å²) >= 11 is 1.80. The summed E-state index contributed by atoms with van der Waals surface area (Å²) in [5.41, 5.74) is 2.30. The van der Waals surface area contributed by atoms with Gasteiger partial charge in [-0.1, -0.05) is 43.8 Å². The standard InChI is InChI=1S/C25H37NO2S/c1-4-13-28-22-15-26-23(29-22)21-8-7-19-18-6-5-16-14-17(27)9-11-24(16,2)20(18)10-12-25(19,21)3/h5,15,17-21,27H,4,6-14H2,1-3H3/t17-,18-,19-,20-,21+,24-,25-/m0/s1. The molecule has 0 spiro atoms. The fourth-order valence-corrected chi connectivity index (χ4v) is 8.84. The minimum Gasteiger partial charge on any atom is -0.483 e. The van der Waals surface area contributed by atoms with Gasteiger partial charge in [-0.3, -0.25) is 0 Å². The fraction of sp³-hybridized carbons (Fsp3) is 0.800. The molecule has 3 fully saturated rings. The molecule has 4 heteroatoms. The third-order valence-corrected chi connectivity index (χ3v) is 10.4. The highest BCUT2D eigenvalue weighted by molar-refractivity contribution is 7.13. The molecule has 29 heavy (non-hydrogen) atoms. The Morgan fingerprint density at radius 3 is 2.86 bits per heavy atom. The van der Waals surface area contributed by atoms with E-state index < -0.39 is 0 Å². The number of hydrogen-bond donors (Lipinski definition) is 1. The Kier molecular flexibility index (Phi) is 5.10. The van der Waals surface area contributed by atoms with Crippen molar-refractivity contribution in [3.8, 4) is 5.06 Å². The van der Waals surface area contributed by atoms with Crippen LogP contribution in [-0.4, -0.2) is 22.8 Å². The lowest BCUT2D eigenvalue weighted by atomic mass is 9.47. The number of hydrogen-bond acceptors (Lipinski definition) is 4. The maximum atomic E-state index is 10.2. The van der Waals surface area contributed by atoms with E-state index in [1.807, 2.05) is 6.20 Å². The lowest BCUT2D eigenvalue weighted by Crippen LogP contribution is -2.50. The minimum absolute atomic E-state index is 0.107. The molecule has 0 amide bonds. The van der Waals surface area contributed by atoms with E-state index >= 15 is 0 Å². The zero-order valence-electron chi connectivity index (χ0n) is 18.3. The molecule has 3 nitrogen and oxygen atoms in total. The highest BCUT2D eigenvalue weighted by Gasteiger charge is 2.59. The van der Waals surface area contributed by atoms with Gasteiger partial charge in [0.05, 0.1) is 23.9 Å². The lowest BCUT2D eigenvalue weighted by Gasteiger charge is -2.58. The van der Waals surface area contributed by atoms with Gasteiger partial charge in [-0.05, 0) is 86.4 Å². The van der Waals surface area contributed by atoms with E-state index in [0.717, 1.165) is 48.7 Å². The first-order chi connectivity index (χ1) is 14.0. The van der Waals surface area contributed by atoms with E-state index in [0.29, 0.717) is 16.7 Å². The zero-order chi connectivity index (χ0) is 20.2. The lowest BCUT2D eigenvalue weighted by molar-refractivity contribution is -0.0409. The quantitative estimate of drug-likeness (QED) is 0.584. The van der Waals surface area contributed by atoms with E-state index in [1.54, 1.807) is 16.9 Å².